The molecular formula is C26H25N3O5. The molecule has 0 radical (unpaired) electrons. The molecule has 8 nitrogen and oxygen atoms in total. The van der Waals surface area contributed by atoms with Crippen molar-refractivity contribution in [3.63, 3.8) is 0 Å². The SMILES string of the molecule is Cc1c(=O)ccc2c1oc1c(-c3ccc(O)c(O)c3)c3c(=O)[nH]n(C4CCCCCC4)c3[nH]c12. The summed E-state index contributed by atoms with van der Waals surface area (Å²) < 4.78 is 8.16. The molecule has 1 saturated carbocycles. The monoisotopic (exact) mass is 459 g/mol. The lowest BCUT2D eigenvalue weighted by Crippen LogP contribution is -2.13. The summed E-state index contributed by atoms with van der Waals surface area (Å²) in [7, 11) is 0. The van der Waals surface area contributed by atoms with Gasteiger partial charge in [-0.1, -0.05) is 31.7 Å². The highest BCUT2D eigenvalue weighted by atomic mass is 16.3. The number of rotatable bonds is 2. The third-order valence-electron chi connectivity index (χ3n) is 7.16. The smallest absolute Gasteiger partial charge is 0.274 e. The molecule has 8 heteroatoms. The van der Waals surface area contributed by atoms with Crippen LogP contribution in [-0.4, -0.2) is 25.0 Å². The Morgan fingerprint density at radius 2 is 1.74 bits per heavy atom. The first-order valence-corrected chi connectivity index (χ1v) is 11.7. The summed E-state index contributed by atoms with van der Waals surface area (Å²) in [6, 6.07) is 7.87. The first-order chi connectivity index (χ1) is 16.4. The van der Waals surface area contributed by atoms with Crippen LogP contribution in [0.1, 0.15) is 50.1 Å². The van der Waals surface area contributed by atoms with Gasteiger partial charge in [-0.3, -0.25) is 19.4 Å². The van der Waals surface area contributed by atoms with E-state index in [9.17, 15) is 19.8 Å². The van der Waals surface area contributed by atoms with E-state index in [1.807, 2.05) is 4.68 Å². The third kappa shape index (κ3) is 2.98. The van der Waals surface area contributed by atoms with Crippen LogP contribution >= 0.6 is 0 Å². The molecule has 3 aromatic heterocycles. The Morgan fingerprint density at radius 1 is 0.971 bits per heavy atom. The molecule has 1 fully saturated rings. The fraction of sp³-hybridized carbons (Fsp3) is 0.308. The summed E-state index contributed by atoms with van der Waals surface area (Å²) in [5.74, 6) is -0.541. The number of nitrogens with zero attached hydrogens (tertiary/aromatic N) is 1. The third-order valence-corrected chi connectivity index (χ3v) is 7.16. The molecule has 0 atom stereocenters. The number of phenols is 2. The number of hydrogen-bond acceptors (Lipinski definition) is 5. The van der Waals surface area contributed by atoms with Gasteiger partial charge in [0.2, 0.25) is 0 Å². The van der Waals surface area contributed by atoms with Crippen LogP contribution < -0.4 is 11.0 Å². The second-order valence-electron chi connectivity index (χ2n) is 9.25. The van der Waals surface area contributed by atoms with E-state index >= 15 is 0 Å². The van der Waals surface area contributed by atoms with Gasteiger partial charge in [0, 0.05) is 16.5 Å². The lowest BCUT2D eigenvalue weighted by Gasteiger charge is -2.17. The normalized spacial score (nSPS) is 15.4. The number of pyridine rings is 1. The van der Waals surface area contributed by atoms with Gasteiger partial charge in [0.25, 0.3) is 5.56 Å². The summed E-state index contributed by atoms with van der Waals surface area (Å²) >= 11 is 0. The Balaban J connectivity index is 1.77. The van der Waals surface area contributed by atoms with Gasteiger partial charge >= 0.3 is 0 Å². The predicted octanol–water partition coefficient (Wildman–Crippen LogP) is 5.20. The van der Waals surface area contributed by atoms with Crippen molar-refractivity contribution in [1.29, 1.82) is 0 Å². The van der Waals surface area contributed by atoms with Crippen LogP contribution in [0, 0.1) is 6.92 Å². The minimum atomic E-state index is -0.291. The van der Waals surface area contributed by atoms with E-state index in [-0.39, 0.29) is 28.5 Å². The zero-order chi connectivity index (χ0) is 23.6. The molecule has 1 aliphatic rings. The minimum Gasteiger partial charge on any atom is -0.504 e. The van der Waals surface area contributed by atoms with Crippen molar-refractivity contribution in [3.05, 3.63) is 56.5 Å². The van der Waals surface area contributed by atoms with Crippen molar-refractivity contribution in [1.82, 2.24) is 14.8 Å². The van der Waals surface area contributed by atoms with Gasteiger partial charge in [0.1, 0.15) is 11.2 Å². The van der Waals surface area contributed by atoms with Crippen molar-refractivity contribution in [3.8, 4) is 22.6 Å². The molecule has 34 heavy (non-hydrogen) atoms. The molecule has 0 bridgehead atoms. The zero-order valence-electron chi connectivity index (χ0n) is 18.8. The fourth-order valence-electron chi connectivity index (χ4n) is 5.36. The number of aryl methyl sites for hydroxylation is 1. The number of nitrogens with one attached hydrogen (secondary N) is 2. The van der Waals surface area contributed by atoms with Gasteiger partial charge in [0.05, 0.1) is 16.9 Å². The number of furan rings is 1. The topological polar surface area (TPSA) is 124 Å². The Bertz CT molecular complexity index is 1690. The molecule has 0 spiro atoms. The molecule has 1 aliphatic carbocycles. The van der Waals surface area contributed by atoms with Crippen LogP contribution in [0.15, 0.2) is 44.3 Å². The van der Waals surface area contributed by atoms with E-state index in [0.717, 1.165) is 31.1 Å². The average molecular weight is 460 g/mol. The van der Waals surface area contributed by atoms with Crippen molar-refractivity contribution >= 4 is 33.1 Å². The van der Waals surface area contributed by atoms with E-state index in [1.54, 1.807) is 19.1 Å². The van der Waals surface area contributed by atoms with Gasteiger partial charge in [-0.2, -0.15) is 0 Å². The Morgan fingerprint density at radius 3 is 2.47 bits per heavy atom. The van der Waals surface area contributed by atoms with Gasteiger partial charge in [-0.15, -0.1) is 0 Å². The van der Waals surface area contributed by atoms with E-state index < -0.39 is 0 Å². The van der Waals surface area contributed by atoms with E-state index in [4.69, 9.17) is 4.42 Å². The first kappa shape index (κ1) is 20.7. The van der Waals surface area contributed by atoms with Crippen molar-refractivity contribution < 1.29 is 14.6 Å². The van der Waals surface area contributed by atoms with E-state index in [2.05, 4.69) is 10.1 Å². The number of hydrogen-bond donors (Lipinski definition) is 4. The van der Waals surface area contributed by atoms with E-state index in [1.165, 1.54) is 31.0 Å². The van der Waals surface area contributed by atoms with Crippen LogP contribution in [0.2, 0.25) is 0 Å². The molecule has 4 N–H and O–H groups in total. The minimum absolute atomic E-state index is 0.124. The Labute approximate surface area is 193 Å². The number of fused-ring (bicyclic) bond motifs is 4. The lowest BCUT2D eigenvalue weighted by molar-refractivity contribution is 0.404. The van der Waals surface area contributed by atoms with E-state index in [0.29, 0.717) is 44.4 Å². The first-order valence-electron chi connectivity index (χ1n) is 11.7. The molecule has 2 aromatic carbocycles. The highest BCUT2D eigenvalue weighted by molar-refractivity contribution is 6.14. The molecule has 0 unspecified atom stereocenters. The maximum atomic E-state index is 13.4. The molecular weight excluding hydrogens is 434 g/mol. The maximum Gasteiger partial charge on any atom is 0.274 e. The standard InChI is InChI=1S/C26H25N3O5/c1-13-17(30)11-9-16-22-24(34-23(13)16)20(14-8-10-18(31)19(32)12-14)21-25(27-22)29(28-26(21)33)15-6-4-2-3-5-7-15/h8-12,15,27,31-32H,2-7H2,1H3,(H,28,33). The molecule has 0 aliphatic heterocycles. The van der Waals surface area contributed by atoms with Crippen molar-refractivity contribution in [2.45, 2.75) is 51.5 Å². The summed E-state index contributed by atoms with van der Waals surface area (Å²) in [4.78, 5) is 29.1. The number of phenolic OH excluding ortho intramolecular Hbond substituents is 2. The van der Waals surface area contributed by atoms with Gasteiger partial charge < -0.3 is 19.6 Å². The number of H-pyrrole nitrogens is 2. The van der Waals surface area contributed by atoms with Gasteiger partial charge in [-0.25, -0.2) is 0 Å². The second-order valence-corrected chi connectivity index (χ2v) is 9.25. The van der Waals surface area contributed by atoms with Crippen LogP contribution in [0.25, 0.3) is 44.2 Å². The van der Waals surface area contributed by atoms with Gasteiger partial charge in [-0.05, 0) is 49.6 Å². The summed E-state index contributed by atoms with van der Waals surface area (Å²) in [6.07, 6.45) is 6.54. The number of benzene rings is 2. The highest BCUT2D eigenvalue weighted by Crippen LogP contribution is 2.41. The largest absolute Gasteiger partial charge is 0.504 e. The van der Waals surface area contributed by atoms with Crippen molar-refractivity contribution in [2.75, 3.05) is 0 Å². The lowest BCUT2D eigenvalue weighted by atomic mass is 10.0. The number of aromatic nitrogens is 3. The van der Waals surface area contributed by atoms with Crippen LogP contribution in [-0.2, 0) is 0 Å². The molecule has 6 rings (SSSR count). The summed E-state index contributed by atoms with van der Waals surface area (Å²) in [5.41, 5.74) is 3.36. The maximum absolute atomic E-state index is 13.4. The molecule has 174 valence electrons. The second kappa shape index (κ2) is 7.55. The van der Waals surface area contributed by atoms with Crippen LogP contribution in [0.5, 0.6) is 11.5 Å². The molecule has 0 saturated heterocycles. The van der Waals surface area contributed by atoms with Crippen molar-refractivity contribution in [2.24, 2.45) is 0 Å². The Hall–Kier alpha value is -3.94. The average Bonchev–Trinajstić information content (AvgIpc) is 3.21. The summed E-state index contributed by atoms with van der Waals surface area (Å²) in [6.45, 7) is 1.72. The molecule has 0 amide bonds. The van der Waals surface area contributed by atoms with Crippen LogP contribution in [0.3, 0.4) is 0 Å². The summed E-state index contributed by atoms with van der Waals surface area (Å²) in [5, 5.41) is 24.3. The highest BCUT2D eigenvalue weighted by Gasteiger charge is 2.25. The number of aromatic amines is 2. The molecule has 5 aromatic rings. The molecule has 3 heterocycles. The fourth-order valence-corrected chi connectivity index (χ4v) is 5.36. The zero-order valence-corrected chi connectivity index (χ0v) is 18.8. The van der Waals surface area contributed by atoms with Crippen LogP contribution in [0.4, 0.5) is 0 Å². The Kier molecular flexibility index (Phi) is 4.58. The van der Waals surface area contributed by atoms with Gasteiger partial charge in [0.15, 0.2) is 22.5 Å². The predicted molar refractivity (Wildman–Crippen MR) is 131 cm³/mol. The number of aromatic hydroxyl groups is 2. The quantitative estimate of drug-likeness (QED) is 0.213.